The molecule has 0 amide bonds. The molecule has 0 bridgehead atoms. The third-order valence-corrected chi connectivity index (χ3v) is 3.33. The second-order valence-electron chi connectivity index (χ2n) is 5.19. The molecular weight excluding hydrogens is 226 g/mol. The molecule has 0 atom stereocenters. The SMILES string of the molecule is Cn1ncc(-c2cccc(C(C)(C)CO)c2)c1N. The van der Waals surface area contributed by atoms with Crippen molar-refractivity contribution in [3.63, 3.8) is 0 Å². The number of anilines is 1. The lowest BCUT2D eigenvalue weighted by Crippen LogP contribution is -2.21. The van der Waals surface area contributed by atoms with Crippen molar-refractivity contribution in [3.05, 3.63) is 36.0 Å². The smallest absolute Gasteiger partial charge is 0.129 e. The van der Waals surface area contributed by atoms with Gasteiger partial charge in [-0.15, -0.1) is 0 Å². The molecule has 3 N–H and O–H groups in total. The minimum Gasteiger partial charge on any atom is -0.395 e. The van der Waals surface area contributed by atoms with E-state index in [4.69, 9.17) is 5.73 Å². The molecule has 4 heteroatoms. The van der Waals surface area contributed by atoms with Crippen LogP contribution >= 0.6 is 0 Å². The van der Waals surface area contributed by atoms with Gasteiger partial charge in [-0.25, -0.2) is 0 Å². The number of rotatable bonds is 3. The molecule has 0 spiro atoms. The summed E-state index contributed by atoms with van der Waals surface area (Å²) in [5, 5.41) is 13.6. The van der Waals surface area contributed by atoms with Gasteiger partial charge in [-0.2, -0.15) is 5.10 Å². The van der Waals surface area contributed by atoms with Crippen molar-refractivity contribution in [2.75, 3.05) is 12.3 Å². The molecule has 1 heterocycles. The summed E-state index contributed by atoms with van der Waals surface area (Å²) < 4.78 is 1.65. The van der Waals surface area contributed by atoms with E-state index in [9.17, 15) is 5.11 Å². The molecule has 0 radical (unpaired) electrons. The second kappa shape index (κ2) is 4.46. The predicted octanol–water partition coefficient (Wildman–Crippen LogP) is 1.94. The fraction of sp³-hybridized carbons (Fsp3) is 0.357. The van der Waals surface area contributed by atoms with Crippen molar-refractivity contribution in [1.82, 2.24) is 9.78 Å². The summed E-state index contributed by atoms with van der Waals surface area (Å²) in [7, 11) is 1.82. The fourth-order valence-electron chi connectivity index (χ4n) is 1.87. The Hall–Kier alpha value is -1.81. The molecule has 1 aromatic heterocycles. The molecule has 4 nitrogen and oxygen atoms in total. The summed E-state index contributed by atoms with van der Waals surface area (Å²) >= 11 is 0. The number of nitrogens with two attached hydrogens (primary N) is 1. The van der Waals surface area contributed by atoms with Crippen LogP contribution in [0.25, 0.3) is 11.1 Å². The summed E-state index contributed by atoms with van der Waals surface area (Å²) in [6, 6.07) is 8.06. The third kappa shape index (κ3) is 2.11. The van der Waals surface area contributed by atoms with Gasteiger partial charge in [0.1, 0.15) is 5.82 Å². The van der Waals surface area contributed by atoms with Gasteiger partial charge in [-0.05, 0) is 11.1 Å². The quantitative estimate of drug-likeness (QED) is 0.868. The molecule has 18 heavy (non-hydrogen) atoms. The van der Waals surface area contributed by atoms with E-state index in [0.717, 1.165) is 16.7 Å². The molecule has 0 fully saturated rings. The molecule has 0 aliphatic rings. The molecule has 0 unspecified atom stereocenters. The number of nitrogens with zero attached hydrogens (tertiary/aromatic N) is 2. The van der Waals surface area contributed by atoms with E-state index < -0.39 is 0 Å². The first-order valence-electron chi connectivity index (χ1n) is 5.95. The van der Waals surface area contributed by atoms with Crippen molar-refractivity contribution in [2.24, 2.45) is 7.05 Å². The Morgan fingerprint density at radius 3 is 2.67 bits per heavy atom. The van der Waals surface area contributed by atoms with Gasteiger partial charge in [0.15, 0.2) is 0 Å². The van der Waals surface area contributed by atoms with E-state index in [0.29, 0.717) is 5.82 Å². The normalized spacial score (nSPS) is 11.8. The molecule has 96 valence electrons. The number of hydrogen-bond donors (Lipinski definition) is 2. The monoisotopic (exact) mass is 245 g/mol. The standard InChI is InChI=1S/C14H19N3O/c1-14(2,9-18)11-6-4-5-10(7-11)12-8-16-17(3)13(12)15/h4-8,18H,9,15H2,1-3H3. The second-order valence-corrected chi connectivity index (χ2v) is 5.19. The summed E-state index contributed by atoms with van der Waals surface area (Å²) in [5.74, 6) is 0.647. The zero-order chi connectivity index (χ0) is 13.3. The van der Waals surface area contributed by atoms with Crippen LogP contribution in [0.2, 0.25) is 0 Å². The molecule has 0 aliphatic heterocycles. The Bertz CT molecular complexity index is 558. The fourth-order valence-corrected chi connectivity index (χ4v) is 1.87. The Morgan fingerprint density at radius 1 is 1.39 bits per heavy atom. The Labute approximate surface area is 107 Å². The number of aromatic nitrogens is 2. The van der Waals surface area contributed by atoms with Crippen LogP contribution in [0.15, 0.2) is 30.5 Å². The Balaban J connectivity index is 2.48. The highest BCUT2D eigenvalue weighted by molar-refractivity contribution is 5.74. The number of hydrogen-bond acceptors (Lipinski definition) is 3. The van der Waals surface area contributed by atoms with Crippen molar-refractivity contribution < 1.29 is 5.11 Å². The maximum atomic E-state index is 9.43. The van der Waals surface area contributed by atoms with Crippen LogP contribution in [0, 0.1) is 0 Å². The Morgan fingerprint density at radius 2 is 2.11 bits per heavy atom. The van der Waals surface area contributed by atoms with E-state index in [1.165, 1.54) is 0 Å². The maximum absolute atomic E-state index is 9.43. The van der Waals surface area contributed by atoms with Crippen LogP contribution in [0.3, 0.4) is 0 Å². The van der Waals surface area contributed by atoms with Gasteiger partial charge in [0.2, 0.25) is 0 Å². The van der Waals surface area contributed by atoms with Gasteiger partial charge < -0.3 is 10.8 Å². The van der Waals surface area contributed by atoms with Gasteiger partial charge in [0.05, 0.1) is 12.8 Å². The number of aliphatic hydroxyl groups excluding tert-OH is 1. The number of aliphatic hydroxyl groups is 1. The van der Waals surface area contributed by atoms with Crippen LogP contribution in [-0.2, 0) is 12.5 Å². The van der Waals surface area contributed by atoms with Crippen LogP contribution in [0.1, 0.15) is 19.4 Å². The average molecular weight is 245 g/mol. The lowest BCUT2D eigenvalue weighted by molar-refractivity contribution is 0.218. The predicted molar refractivity (Wildman–Crippen MR) is 73.2 cm³/mol. The highest BCUT2D eigenvalue weighted by Gasteiger charge is 2.20. The van der Waals surface area contributed by atoms with Crippen molar-refractivity contribution >= 4 is 5.82 Å². The van der Waals surface area contributed by atoms with Crippen molar-refractivity contribution in [1.29, 1.82) is 0 Å². The van der Waals surface area contributed by atoms with E-state index in [1.807, 2.05) is 39.1 Å². The van der Waals surface area contributed by atoms with E-state index in [1.54, 1.807) is 10.9 Å². The first-order valence-corrected chi connectivity index (χ1v) is 5.95. The number of benzene rings is 1. The van der Waals surface area contributed by atoms with Gasteiger partial charge in [-0.3, -0.25) is 4.68 Å². The zero-order valence-electron chi connectivity index (χ0n) is 11.0. The zero-order valence-corrected chi connectivity index (χ0v) is 11.0. The largest absolute Gasteiger partial charge is 0.395 e. The van der Waals surface area contributed by atoms with Crippen LogP contribution in [0.4, 0.5) is 5.82 Å². The minimum atomic E-state index is -0.257. The summed E-state index contributed by atoms with van der Waals surface area (Å²) in [4.78, 5) is 0. The Kier molecular flexibility index (Phi) is 3.13. The van der Waals surface area contributed by atoms with Crippen molar-refractivity contribution in [2.45, 2.75) is 19.3 Å². The number of aryl methyl sites for hydroxylation is 1. The first kappa shape index (κ1) is 12.6. The van der Waals surface area contributed by atoms with Crippen molar-refractivity contribution in [3.8, 4) is 11.1 Å². The molecule has 0 saturated heterocycles. The highest BCUT2D eigenvalue weighted by Crippen LogP contribution is 2.30. The van der Waals surface area contributed by atoms with Gasteiger partial charge >= 0.3 is 0 Å². The molecule has 0 aliphatic carbocycles. The third-order valence-electron chi connectivity index (χ3n) is 3.33. The lowest BCUT2D eigenvalue weighted by Gasteiger charge is -2.22. The van der Waals surface area contributed by atoms with Crippen LogP contribution in [-0.4, -0.2) is 21.5 Å². The first-order chi connectivity index (χ1) is 8.45. The van der Waals surface area contributed by atoms with Gasteiger partial charge in [-0.1, -0.05) is 38.1 Å². The van der Waals surface area contributed by atoms with E-state index in [2.05, 4.69) is 11.2 Å². The summed E-state index contributed by atoms with van der Waals surface area (Å²) in [6.07, 6.45) is 1.76. The average Bonchev–Trinajstić information content (AvgIpc) is 2.70. The molecular formula is C14H19N3O. The summed E-state index contributed by atoms with van der Waals surface area (Å²) in [6.45, 7) is 4.14. The lowest BCUT2D eigenvalue weighted by atomic mass is 9.84. The van der Waals surface area contributed by atoms with Gasteiger partial charge in [0.25, 0.3) is 0 Å². The molecule has 2 rings (SSSR count). The minimum absolute atomic E-state index is 0.110. The highest BCUT2D eigenvalue weighted by atomic mass is 16.3. The topological polar surface area (TPSA) is 64.1 Å². The van der Waals surface area contributed by atoms with E-state index in [-0.39, 0.29) is 12.0 Å². The van der Waals surface area contributed by atoms with Crippen LogP contribution < -0.4 is 5.73 Å². The summed E-state index contributed by atoms with van der Waals surface area (Å²) in [5.41, 5.74) is 8.76. The molecule has 2 aromatic rings. The number of nitrogen functional groups attached to an aromatic ring is 1. The van der Waals surface area contributed by atoms with Crippen LogP contribution in [0.5, 0.6) is 0 Å². The molecule has 0 saturated carbocycles. The maximum Gasteiger partial charge on any atom is 0.129 e. The van der Waals surface area contributed by atoms with Gasteiger partial charge in [0, 0.05) is 18.0 Å². The molecule has 1 aromatic carbocycles. The van der Waals surface area contributed by atoms with E-state index >= 15 is 0 Å².